The van der Waals surface area contributed by atoms with Gasteiger partial charge in [-0.05, 0) is 49.4 Å². The third-order valence-electron chi connectivity index (χ3n) is 5.68. The number of halogens is 1. The Morgan fingerprint density at radius 1 is 1.32 bits per heavy atom. The first-order valence-electron chi connectivity index (χ1n) is 9.32. The van der Waals surface area contributed by atoms with Crippen molar-refractivity contribution in [3.63, 3.8) is 0 Å². The summed E-state index contributed by atoms with van der Waals surface area (Å²) >= 11 is 0. The molecule has 1 aromatic rings. The Kier molecular flexibility index (Phi) is 6.21. The molecule has 0 aromatic carbocycles. The van der Waals surface area contributed by atoms with Crippen LogP contribution in [0.4, 0.5) is 5.82 Å². The first-order valence-corrected chi connectivity index (χ1v) is 9.32. The Morgan fingerprint density at radius 3 is 2.48 bits per heavy atom. The molecular formula is C19H33ClN4O. The second kappa shape index (κ2) is 7.67. The van der Waals surface area contributed by atoms with Gasteiger partial charge in [0.05, 0.1) is 5.69 Å². The zero-order chi connectivity index (χ0) is 17.5. The van der Waals surface area contributed by atoms with Gasteiger partial charge in [0, 0.05) is 25.1 Å². The average Bonchev–Trinajstić information content (AvgIpc) is 2.75. The van der Waals surface area contributed by atoms with Crippen molar-refractivity contribution in [2.24, 2.45) is 36.0 Å². The maximum Gasteiger partial charge on any atom is 0.228 e. The van der Waals surface area contributed by atoms with Gasteiger partial charge in [-0.1, -0.05) is 27.2 Å². The molecule has 2 bridgehead atoms. The van der Waals surface area contributed by atoms with Crippen molar-refractivity contribution in [3.8, 4) is 0 Å². The maximum atomic E-state index is 12.8. The van der Waals surface area contributed by atoms with Crippen molar-refractivity contribution in [3.05, 3.63) is 11.8 Å². The van der Waals surface area contributed by atoms with Crippen molar-refractivity contribution >= 4 is 24.1 Å². The third-order valence-corrected chi connectivity index (χ3v) is 5.68. The summed E-state index contributed by atoms with van der Waals surface area (Å²) in [6.45, 7) is 6.60. The van der Waals surface area contributed by atoms with Gasteiger partial charge in [-0.3, -0.25) is 9.48 Å². The van der Waals surface area contributed by atoms with Crippen LogP contribution in [-0.2, 0) is 18.3 Å². The summed E-state index contributed by atoms with van der Waals surface area (Å²) in [7, 11) is 1.90. The number of nitrogens with one attached hydrogen (secondary N) is 1. The summed E-state index contributed by atoms with van der Waals surface area (Å²) < 4.78 is 1.79. The van der Waals surface area contributed by atoms with E-state index in [1.807, 2.05) is 13.1 Å². The van der Waals surface area contributed by atoms with Crippen LogP contribution in [0.3, 0.4) is 0 Å². The van der Waals surface area contributed by atoms with E-state index in [0.29, 0.717) is 17.9 Å². The van der Waals surface area contributed by atoms with E-state index in [0.717, 1.165) is 30.8 Å². The van der Waals surface area contributed by atoms with Gasteiger partial charge in [0.1, 0.15) is 5.82 Å². The molecule has 1 heterocycles. The smallest absolute Gasteiger partial charge is 0.228 e. The van der Waals surface area contributed by atoms with Crippen molar-refractivity contribution in [1.82, 2.24) is 9.78 Å². The van der Waals surface area contributed by atoms with Crippen LogP contribution in [0.15, 0.2) is 6.07 Å². The van der Waals surface area contributed by atoms with E-state index in [4.69, 9.17) is 5.73 Å². The van der Waals surface area contributed by atoms with Crippen LogP contribution < -0.4 is 11.1 Å². The lowest BCUT2D eigenvalue weighted by molar-refractivity contribution is -0.122. The van der Waals surface area contributed by atoms with Crippen LogP contribution >= 0.6 is 12.4 Å². The van der Waals surface area contributed by atoms with Crippen LogP contribution in [-0.4, -0.2) is 21.7 Å². The number of nitrogens with two attached hydrogens (primary N) is 1. The second-order valence-corrected chi connectivity index (χ2v) is 9.07. The molecule has 2 fully saturated rings. The first kappa shape index (κ1) is 20.2. The third kappa shape index (κ3) is 4.76. The molecular weight excluding hydrogens is 336 g/mol. The van der Waals surface area contributed by atoms with Crippen molar-refractivity contribution in [2.75, 3.05) is 5.32 Å². The molecule has 6 heteroatoms. The lowest BCUT2D eigenvalue weighted by Gasteiger charge is -2.43. The summed E-state index contributed by atoms with van der Waals surface area (Å²) in [6.07, 6.45) is 6.42. The van der Waals surface area contributed by atoms with Crippen LogP contribution in [0.1, 0.15) is 58.6 Å². The van der Waals surface area contributed by atoms with E-state index >= 15 is 0 Å². The van der Waals surface area contributed by atoms with Gasteiger partial charge < -0.3 is 11.1 Å². The molecule has 2 atom stereocenters. The van der Waals surface area contributed by atoms with Gasteiger partial charge in [-0.15, -0.1) is 12.4 Å². The molecule has 3 N–H and O–H groups in total. The highest BCUT2D eigenvalue weighted by Gasteiger charge is 2.40. The molecule has 3 rings (SSSR count). The minimum absolute atomic E-state index is 0. The number of hydrogen-bond acceptors (Lipinski definition) is 3. The fraction of sp³-hybridized carbons (Fsp3) is 0.789. The number of anilines is 1. The largest absolute Gasteiger partial charge is 0.327 e. The van der Waals surface area contributed by atoms with E-state index in [2.05, 4.69) is 31.2 Å². The summed E-state index contributed by atoms with van der Waals surface area (Å²) in [5, 5.41) is 7.66. The normalized spacial score (nSPS) is 29.0. The van der Waals surface area contributed by atoms with Crippen LogP contribution in [0.2, 0.25) is 0 Å². The Hall–Kier alpha value is -1.07. The number of fused-ring (bicyclic) bond motifs is 2. The number of carbonyl (C=O) groups excluding carboxylic acids is 1. The minimum Gasteiger partial charge on any atom is -0.327 e. The second-order valence-electron chi connectivity index (χ2n) is 9.07. The molecule has 0 spiro atoms. The molecule has 2 saturated carbocycles. The van der Waals surface area contributed by atoms with Gasteiger partial charge >= 0.3 is 0 Å². The highest BCUT2D eigenvalue weighted by molar-refractivity contribution is 5.92. The summed E-state index contributed by atoms with van der Waals surface area (Å²) in [5.74, 6) is 2.09. The van der Waals surface area contributed by atoms with Crippen LogP contribution in [0.5, 0.6) is 0 Å². The molecule has 0 radical (unpaired) electrons. The molecule has 25 heavy (non-hydrogen) atoms. The Labute approximate surface area is 157 Å². The van der Waals surface area contributed by atoms with E-state index in [-0.39, 0.29) is 29.6 Å². The van der Waals surface area contributed by atoms with Gasteiger partial charge in [-0.2, -0.15) is 5.10 Å². The number of aromatic nitrogens is 2. The summed E-state index contributed by atoms with van der Waals surface area (Å²) in [5.41, 5.74) is 7.56. The quantitative estimate of drug-likeness (QED) is 0.857. The molecule has 2 unspecified atom stereocenters. The molecule has 5 nitrogen and oxygen atoms in total. The van der Waals surface area contributed by atoms with Crippen LogP contribution in [0.25, 0.3) is 0 Å². The van der Waals surface area contributed by atoms with E-state index in [1.165, 1.54) is 19.3 Å². The highest BCUT2D eigenvalue weighted by Crippen LogP contribution is 2.42. The van der Waals surface area contributed by atoms with Gasteiger partial charge in [0.25, 0.3) is 0 Å². The number of amides is 1. The molecule has 1 amide bonds. The maximum absolute atomic E-state index is 12.8. The Morgan fingerprint density at radius 2 is 1.92 bits per heavy atom. The SMILES string of the molecule is Cl.Cn1nc(CC(C)(C)C)cc1NC(=O)C1CC2CCCC(C1)C2N. The highest BCUT2D eigenvalue weighted by atomic mass is 35.5. The fourth-order valence-corrected chi connectivity index (χ4v) is 4.50. The molecule has 2 aliphatic carbocycles. The van der Waals surface area contributed by atoms with Crippen molar-refractivity contribution < 1.29 is 4.79 Å². The van der Waals surface area contributed by atoms with E-state index in [1.54, 1.807) is 4.68 Å². The lowest BCUT2D eigenvalue weighted by atomic mass is 9.65. The summed E-state index contributed by atoms with van der Waals surface area (Å²) in [6, 6.07) is 2.32. The number of carbonyl (C=O) groups is 1. The average molecular weight is 369 g/mol. The standard InChI is InChI=1S/C19H32N4O.ClH/c1-19(2,3)11-15-10-16(23(4)22-15)21-18(24)14-8-12-6-5-7-13(9-14)17(12)20;/h10,12-14,17H,5-9,11,20H2,1-4H3,(H,21,24);1H. The molecule has 1 aromatic heterocycles. The molecule has 142 valence electrons. The minimum atomic E-state index is 0. The topological polar surface area (TPSA) is 72.9 Å². The monoisotopic (exact) mass is 368 g/mol. The molecule has 0 aliphatic heterocycles. The summed E-state index contributed by atoms with van der Waals surface area (Å²) in [4.78, 5) is 12.8. The fourth-order valence-electron chi connectivity index (χ4n) is 4.50. The van der Waals surface area contributed by atoms with Gasteiger partial charge in [0.15, 0.2) is 0 Å². The van der Waals surface area contributed by atoms with Crippen molar-refractivity contribution in [2.45, 2.75) is 65.3 Å². The van der Waals surface area contributed by atoms with E-state index in [9.17, 15) is 4.79 Å². The molecule has 2 aliphatic rings. The Bertz CT molecular complexity index is 593. The number of aryl methyl sites for hydroxylation is 1. The zero-order valence-electron chi connectivity index (χ0n) is 15.9. The number of nitrogens with zero attached hydrogens (tertiary/aromatic N) is 2. The number of hydrogen-bond donors (Lipinski definition) is 2. The zero-order valence-corrected chi connectivity index (χ0v) is 16.7. The Balaban J connectivity index is 0.00000225. The van der Waals surface area contributed by atoms with Gasteiger partial charge in [0.2, 0.25) is 5.91 Å². The van der Waals surface area contributed by atoms with Crippen molar-refractivity contribution in [1.29, 1.82) is 0 Å². The van der Waals surface area contributed by atoms with Gasteiger partial charge in [-0.25, -0.2) is 0 Å². The predicted octanol–water partition coefficient (Wildman–Crippen LogP) is 3.52. The predicted molar refractivity (Wildman–Crippen MR) is 104 cm³/mol. The molecule has 0 saturated heterocycles. The van der Waals surface area contributed by atoms with Crippen LogP contribution in [0, 0.1) is 23.2 Å². The lowest BCUT2D eigenvalue weighted by Crippen LogP contribution is -2.48. The van der Waals surface area contributed by atoms with E-state index < -0.39 is 0 Å². The first-order chi connectivity index (χ1) is 11.2. The number of rotatable bonds is 3.